The molecule has 102 valence electrons. The molecule has 0 saturated heterocycles. The summed E-state index contributed by atoms with van der Waals surface area (Å²) < 4.78 is 39.5. The van der Waals surface area contributed by atoms with Crippen molar-refractivity contribution in [3.63, 3.8) is 0 Å². The fraction of sp³-hybridized carbons (Fsp3) is 0.308. The van der Waals surface area contributed by atoms with Crippen molar-refractivity contribution in [1.82, 2.24) is 15.1 Å². The number of nitrogens with zero attached hydrogens (tertiary/aromatic N) is 2. The quantitative estimate of drug-likeness (QED) is 0.924. The molecule has 0 saturated carbocycles. The third-order valence-electron chi connectivity index (χ3n) is 2.75. The van der Waals surface area contributed by atoms with Gasteiger partial charge in [-0.05, 0) is 30.8 Å². The predicted octanol–water partition coefficient (Wildman–Crippen LogP) is 2.67. The molecule has 0 aliphatic rings. The molecule has 0 atom stereocenters. The summed E-state index contributed by atoms with van der Waals surface area (Å²) >= 11 is 0. The van der Waals surface area contributed by atoms with Crippen molar-refractivity contribution in [3.8, 4) is 0 Å². The molecule has 2 aromatic rings. The van der Waals surface area contributed by atoms with Crippen molar-refractivity contribution >= 4 is 0 Å². The highest BCUT2D eigenvalue weighted by molar-refractivity contribution is 5.26. The smallest absolute Gasteiger partial charge is 0.314 e. The second kappa shape index (κ2) is 5.44. The lowest BCUT2D eigenvalue weighted by atomic mass is 10.1. The van der Waals surface area contributed by atoms with Gasteiger partial charge in [-0.2, -0.15) is 18.3 Å². The maximum absolute atomic E-state index is 12.6. The third-order valence-corrected chi connectivity index (χ3v) is 2.75. The van der Waals surface area contributed by atoms with Gasteiger partial charge < -0.3 is 5.32 Å². The monoisotopic (exact) mass is 269 g/mol. The van der Waals surface area contributed by atoms with Gasteiger partial charge in [0.1, 0.15) is 0 Å². The van der Waals surface area contributed by atoms with Crippen molar-refractivity contribution < 1.29 is 13.2 Å². The van der Waals surface area contributed by atoms with Gasteiger partial charge in [-0.1, -0.05) is 12.1 Å². The van der Waals surface area contributed by atoms with Crippen LogP contribution in [0, 0.1) is 0 Å². The number of nitrogens with one attached hydrogen (secondary N) is 1. The molecule has 1 N–H and O–H groups in total. The summed E-state index contributed by atoms with van der Waals surface area (Å²) in [6.07, 6.45) is -2.67. The van der Waals surface area contributed by atoms with E-state index >= 15 is 0 Å². The van der Waals surface area contributed by atoms with Crippen LogP contribution >= 0.6 is 0 Å². The van der Waals surface area contributed by atoms with E-state index in [1.54, 1.807) is 16.9 Å². The van der Waals surface area contributed by atoms with Crippen LogP contribution in [0.1, 0.15) is 16.8 Å². The highest BCUT2D eigenvalue weighted by Crippen LogP contribution is 2.29. The van der Waals surface area contributed by atoms with Crippen LogP contribution in [-0.4, -0.2) is 16.8 Å². The molecule has 3 nitrogen and oxygen atoms in total. The number of aromatic nitrogens is 2. The molecule has 0 unspecified atom stereocenters. The maximum Gasteiger partial charge on any atom is 0.416 e. The molecule has 1 aromatic heterocycles. The molecule has 0 aliphatic carbocycles. The first-order valence-electron chi connectivity index (χ1n) is 5.82. The van der Waals surface area contributed by atoms with Gasteiger partial charge in [0.2, 0.25) is 0 Å². The van der Waals surface area contributed by atoms with Gasteiger partial charge >= 0.3 is 6.18 Å². The zero-order chi connectivity index (χ0) is 13.9. The molecule has 19 heavy (non-hydrogen) atoms. The largest absolute Gasteiger partial charge is 0.416 e. The van der Waals surface area contributed by atoms with Crippen molar-refractivity contribution in [2.45, 2.75) is 19.3 Å². The van der Waals surface area contributed by atoms with Crippen LogP contribution in [0.4, 0.5) is 13.2 Å². The maximum atomic E-state index is 12.6. The topological polar surface area (TPSA) is 29.9 Å². The van der Waals surface area contributed by atoms with Crippen molar-refractivity contribution in [2.75, 3.05) is 7.05 Å². The molecule has 6 heteroatoms. The first-order chi connectivity index (χ1) is 9.00. The number of halogens is 3. The van der Waals surface area contributed by atoms with Crippen molar-refractivity contribution in [1.29, 1.82) is 0 Å². The number of benzene rings is 1. The molecule has 0 spiro atoms. The molecule has 0 fully saturated rings. The molecule has 1 heterocycles. The Balaban J connectivity index is 2.21. The highest BCUT2D eigenvalue weighted by Gasteiger charge is 2.30. The van der Waals surface area contributed by atoms with E-state index in [1.165, 1.54) is 6.07 Å². The zero-order valence-electron chi connectivity index (χ0n) is 10.4. The summed E-state index contributed by atoms with van der Waals surface area (Å²) in [5.41, 5.74) is 0.878. The minimum atomic E-state index is -4.31. The van der Waals surface area contributed by atoms with Crippen molar-refractivity contribution in [2.24, 2.45) is 0 Å². The molecule has 0 bridgehead atoms. The van der Waals surface area contributed by atoms with E-state index in [0.717, 1.165) is 17.8 Å². The van der Waals surface area contributed by atoms with Crippen LogP contribution in [0.3, 0.4) is 0 Å². The Kier molecular flexibility index (Phi) is 3.90. The first kappa shape index (κ1) is 13.6. The van der Waals surface area contributed by atoms with E-state index < -0.39 is 11.7 Å². The van der Waals surface area contributed by atoms with Crippen LogP contribution < -0.4 is 5.32 Å². The fourth-order valence-electron chi connectivity index (χ4n) is 1.85. The normalized spacial score (nSPS) is 11.8. The average molecular weight is 269 g/mol. The molecule has 0 aliphatic heterocycles. The van der Waals surface area contributed by atoms with Gasteiger partial charge in [-0.25, -0.2) is 0 Å². The summed E-state index contributed by atoms with van der Waals surface area (Å²) in [7, 11) is 1.81. The number of rotatable bonds is 4. The zero-order valence-corrected chi connectivity index (χ0v) is 10.4. The fourth-order valence-corrected chi connectivity index (χ4v) is 1.85. The Bertz CT molecular complexity index is 546. The van der Waals surface area contributed by atoms with Crippen molar-refractivity contribution in [3.05, 3.63) is 53.3 Å². The lowest BCUT2D eigenvalue weighted by Crippen LogP contribution is -2.13. The molecular formula is C13H14F3N3. The lowest BCUT2D eigenvalue weighted by Gasteiger charge is -2.10. The summed E-state index contributed by atoms with van der Waals surface area (Å²) in [5, 5.41) is 7.11. The Morgan fingerprint density at radius 1 is 1.26 bits per heavy atom. The minimum Gasteiger partial charge on any atom is -0.314 e. The Morgan fingerprint density at radius 3 is 2.74 bits per heavy atom. The number of hydrogen-bond donors (Lipinski definition) is 1. The standard InChI is InChI=1S/C13H14F3N3/c1-17-8-12-5-6-18-19(12)9-10-3-2-4-11(7-10)13(14,15)16/h2-7,17H,8-9H2,1H3. The summed E-state index contributed by atoms with van der Waals surface area (Å²) in [4.78, 5) is 0. The van der Waals surface area contributed by atoms with Gasteiger partial charge in [0.15, 0.2) is 0 Å². The molecule has 2 rings (SSSR count). The number of hydrogen-bond acceptors (Lipinski definition) is 2. The van der Waals surface area contributed by atoms with Crippen LogP contribution in [-0.2, 0) is 19.3 Å². The molecule has 1 aromatic carbocycles. The second-order valence-electron chi connectivity index (χ2n) is 4.21. The van der Waals surface area contributed by atoms with Crippen LogP contribution in [0.5, 0.6) is 0 Å². The van der Waals surface area contributed by atoms with Gasteiger partial charge in [0.25, 0.3) is 0 Å². The van der Waals surface area contributed by atoms with Gasteiger partial charge in [0, 0.05) is 12.7 Å². The summed E-state index contributed by atoms with van der Waals surface area (Å²) in [6, 6.07) is 7.15. The molecular weight excluding hydrogens is 255 g/mol. The van der Waals surface area contributed by atoms with Gasteiger partial charge in [0.05, 0.1) is 17.8 Å². The lowest BCUT2D eigenvalue weighted by molar-refractivity contribution is -0.137. The second-order valence-corrected chi connectivity index (χ2v) is 4.21. The predicted molar refractivity (Wildman–Crippen MR) is 65.5 cm³/mol. The highest BCUT2D eigenvalue weighted by atomic mass is 19.4. The summed E-state index contributed by atoms with van der Waals surface area (Å²) in [6.45, 7) is 0.951. The molecule has 0 radical (unpaired) electrons. The average Bonchev–Trinajstić information content (AvgIpc) is 2.77. The minimum absolute atomic E-state index is 0.327. The summed E-state index contributed by atoms with van der Waals surface area (Å²) in [5.74, 6) is 0. The van der Waals surface area contributed by atoms with Crippen LogP contribution in [0.2, 0.25) is 0 Å². The van der Waals surface area contributed by atoms with Gasteiger partial charge in [-0.3, -0.25) is 4.68 Å². The Labute approximate surface area is 109 Å². The molecule has 0 amide bonds. The van der Waals surface area contributed by atoms with Crippen LogP contribution in [0.15, 0.2) is 36.5 Å². The Morgan fingerprint density at radius 2 is 2.05 bits per heavy atom. The Hall–Kier alpha value is -1.82. The van der Waals surface area contributed by atoms with Crippen LogP contribution in [0.25, 0.3) is 0 Å². The van der Waals surface area contributed by atoms with E-state index in [2.05, 4.69) is 10.4 Å². The van der Waals surface area contributed by atoms with E-state index in [9.17, 15) is 13.2 Å². The first-order valence-corrected chi connectivity index (χ1v) is 5.82. The van der Waals surface area contributed by atoms with E-state index in [4.69, 9.17) is 0 Å². The SMILES string of the molecule is CNCc1ccnn1Cc1cccc(C(F)(F)F)c1. The number of alkyl halides is 3. The van der Waals surface area contributed by atoms with Gasteiger partial charge in [-0.15, -0.1) is 0 Å². The van der Waals surface area contributed by atoms with E-state index in [1.807, 2.05) is 13.1 Å². The van der Waals surface area contributed by atoms with E-state index in [0.29, 0.717) is 18.7 Å². The van der Waals surface area contributed by atoms with E-state index in [-0.39, 0.29) is 0 Å². The third kappa shape index (κ3) is 3.35.